The van der Waals surface area contributed by atoms with Crippen molar-refractivity contribution in [2.45, 2.75) is 43.0 Å². The van der Waals surface area contributed by atoms with Gasteiger partial charge in [-0.05, 0) is 11.5 Å². The SMILES string of the molecule is CCS(CC)(CC(=O)c1ccccc1)OS(=O)(=O)C(F)(F)C(F)(F)C(F)(F)C(F)(F)C(F)(F)F. The summed E-state index contributed by atoms with van der Waals surface area (Å²) in [4.78, 5) is 12.4. The third-order valence-electron chi connectivity index (χ3n) is 4.60. The second-order valence-corrected chi connectivity index (χ2v) is 12.1. The Bertz CT molecular complexity index is 973. The van der Waals surface area contributed by atoms with Gasteiger partial charge in [0, 0.05) is 5.56 Å². The van der Waals surface area contributed by atoms with Crippen LogP contribution in [0.25, 0.3) is 0 Å². The first-order chi connectivity index (χ1) is 15.1. The summed E-state index contributed by atoms with van der Waals surface area (Å²) in [6.07, 6.45) is -7.44. The number of Topliss-reactive ketones (excluding diaryl/α,β-unsaturated/α-hetero) is 1. The van der Waals surface area contributed by atoms with Gasteiger partial charge in [0.05, 0.1) is 5.75 Å². The Morgan fingerprint density at radius 3 is 1.59 bits per heavy atom. The number of ketones is 1. The van der Waals surface area contributed by atoms with E-state index >= 15 is 0 Å². The molecule has 0 saturated heterocycles. The van der Waals surface area contributed by atoms with E-state index in [1.54, 1.807) is 0 Å². The third-order valence-corrected chi connectivity index (χ3v) is 10.2. The van der Waals surface area contributed by atoms with Crippen LogP contribution in [-0.2, 0) is 13.7 Å². The van der Waals surface area contributed by atoms with Gasteiger partial charge in [-0.25, -0.2) is 3.63 Å². The zero-order valence-corrected chi connectivity index (χ0v) is 18.7. The Hall–Kier alpha value is -1.62. The fourth-order valence-electron chi connectivity index (χ4n) is 2.42. The van der Waals surface area contributed by atoms with Crippen LogP contribution in [0.15, 0.2) is 30.3 Å². The molecule has 1 aromatic rings. The van der Waals surface area contributed by atoms with Crippen LogP contribution in [0.4, 0.5) is 48.3 Å². The number of hydrogen-bond donors (Lipinski definition) is 0. The van der Waals surface area contributed by atoms with Crippen molar-refractivity contribution in [1.82, 2.24) is 0 Å². The molecule has 198 valence electrons. The van der Waals surface area contributed by atoms with Crippen LogP contribution in [0.5, 0.6) is 0 Å². The highest BCUT2D eigenvalue weighted by Gasteiger charge is 2.90. The largest absolute Gasteiger partial charge is 0.460 e. The quantitative estimate of drug-likeness (QED) is 0.246. The van der Waals surface area contributed by atoms with E-state index in [2.05, 4.69) is 3.63 Å². The van der Waals surface area contributed by atoms with Gasteiger partial charge in [-0.3, -0.25) is 4.79 Å². The van der Waals surface area contributed by atoms with E-state index in [4.69, 9.17) is 0 Å². The molecule has 4 nitrogen and oxygen atoms in total. The number of halogens is 11. The molecule has 0 amide bonds. The molecule has 0 spiro atoms. The number of benzene rings is 1. The molecular weight excluding hydrogens is 541 g/mol. The van der Waals surface area contributed by atoms with Crippen LogP contribution < -0.4 is 0 Å². The van der Waals surface area contributed by atoms with Gasteiger partial charge < -0.3 is 0 Å². The molecule has 0 bridgehead atoms. The zero-order chi connectivity index (χ0) is 27.0. The molecule has 1 aromatic carbocycles. The lowest BCUT2D eigenvalue weighted by Gasteiger charge is -2.40. The molecular formula is C17H17F11O4S2. The first-order valence-electron chi connectivity index (χ1n) is 8.95. The third kappa shape index (κ3) is 5.01. The van der Waals surface area contributed by atoms with Gasteiger partial charge >= 0.3 is 39.3 Å². The molecule has 1 rings (SSSR count). The molecule has 0 aliphatic heterocycles. The average molecular weight is 558 g/mol. The van der Waals surface area contributed by atoms with Crippen LogP contribution >= 0.6 is 10.3 Å². The molecule has 0 N–H and O–H groups in total. The Kier molecular flexibility index (Phi) is 8.45. The van der Waals surface area contributed by atoms with Gasteiger partial charge in [-0.2, -0.15) is 56.7 Å². The lowest BCUT2D eigenvalue weighted by molar-refractivity contribution is -0.413. The highest BCUT2D eigenvalue weighted by Crippen LogP contribution is 2.61. The number of alkyl halides is 11. The Balaban J connectivity index is 3.47. The van der Waals surface area contributed by atoms with Gasteiger partial charge in [0.1, 0.15) is 0 Å². The Morgan fingerprint density at radius 1 is 0.765 bits per heavy atom. The van der Waals surface area contributed by atoms with E-state index in [-0.39, 0.29) is 5.56 Å². The molecule has 34 heavy (non-hydrogen) atoms. The van der Waals surface area contributed by atoms with E-state index < -0.39 is 72.7 Å². The Labute approximate surface area is 188 Å². The maximum atomic E-state index is 14.1. The summed E-state index contributed by atoms with van der Waals surface area (Å²) in [6.45, 7) is 2.16. The van der Waals surface area contributed by atoms with Gasteiger partial charge in [0.15, 0.2) is 5.78 Å². The Morgan fingerprint density at radius 2 is 1.21 bits per heavy atom. The van der Waals surface area contributed by atoms with E-state index in [0.717, 1.165) is 13.8 Å². The maximum Gasteiger partial charge on any atom is 0.460 e. The van der Waals surface area contributed by atoms with Gasteiger partial charge in [0.2, 0.25) is 0 Å². The highest BCUT2D eigenvalue weighted by molar-refractivity contribution is 8.33. The van der Waals surface area contributed by atoms with Crippen LogP contribution in [0.3, 0.4) is 0 Å². The first-order valence-corrected chi connectivity index (χ1v) is 12.4. The van der Waals surface area contributed by atoms with E-state index in [0.29, 0.717) is 0 Å². The van der Waals surface area contributed by atoms with Crippen molar-refractivity contribution in [2.24, 2.45) is 0 Å². The van der Waals surface area contributed by atoms with E-state index in [1.165, 1.54) is 30.3 Å². The van der Waals surface area contributed by atoms with E-state index in [9.17, 15) is 61.5 Å². The summed E-state index contributed by atoms with van der Waals surface area (Å²) >= 11 is 0. The minimum atomic E-state index is -7.91. The van der Waals surface area contributed by atoms with E-state index in [1.807, 2.05) is 0 Å². The number of carbonyl (C=O) groups is 1. The molecule has 0 aliphatic carbocycles. The molecule has 0 saturated carbocycles. The monoisotopic (exact) mass is 558 g/mol. The fraction of sp³-hybridized carbons (Fsp3) is 0.588. The van der Waals surface area contributed by atoms with Crippen molar-refractivity contribution in [3.63, 3.8) is 0 Å². The average Bonchev–Trinajstić information content (AvgIpc) is 2.72. The predicted molar refractivity (Wildman–Crippen MR) is 100 cm³/mol. The number of carbonyl (C=O) groups excluding carboxylic acids is 1. The summed E-state index contributed by atoms with van der Waals surface area (Å²) < 4.78 is 173. The second kappa shape index (κ2) is 9.44. The predicted octanol–water partition coefficient (Wildman–Crippen LogP) is 6.04. The topological polar surface area (TPSA) is 60.4 Å². The standard InChI is InChI=1S/C17H17F11O4S2/c1-3-33(4-2,10-12(29)11-8-6-5-7-9-11)32-34(30,31)17(27,28)15(22,23)13(18,19)14(20,21)16(24,25)26/h5-9H,3-4,10H2,1-2H3. The molecule has 0 atom stereocenters. The van der Waals surface area contributed by atoms with Gasteiger partial charge in [0.25, 0.3) is 0 Å². The molecule has 0 heterocycles. The van der Waals surface area contributed by atoms with Crippen LogP contribution in [-0.4, -0.2) is 60.7 Å². The van der Waals surface area contributed by atoms with Gasteiger partial charge in [-0.1, -0.05) is 44.2 Å². The van der Waals surface area contributed by atoms with Crippen molar-refractivity contribution < 1.29 is 65.1 Å². The highest BCUT2D eigenvalue weighted by atomic mass is 32.3. The summed E-state index contributed by atoms with van der Waals surface area (Å²) in [5.74, 6) is -26.5. The lowest BCUT2D eigenvalue weighted by Crippen LogP contribution is -2.68. The zero-order valence-electron chi connectivity index (χ0n) is 17.1. The molecule has 0 radical (unpaired) electrons. The normalized spacial score (nSPS) is 15.3. The minimum Gasteiger partial charge on any atom is -0.293 e. The van der Waals surface area contributed by atoms with Crippen molar-refractivity contribution in [3.8, 4) is 0 Å². The van der Waals surface area contributed by atoms with Crippen molar-refractivity contribution >= 4 is 26.2 Å². The summed E-state index contributed by atoms with van der Waals surface area (Å²) in [7, 11) is -10.9. The van der Waals surface area contributed by atoms with Crippen molar-refractivity contribution in [1.29, 1.82) is 0 Å². The van der Waals surface area contributed by atoms with Crippen LogP contribution in [0, 0.1) is 0 Å². The van der Waals surface area contributed by atoms with Gasteiger partial charge in [-0.15, -0.1) is 10.3 Å². The first kappa shape index (κ1) is 30.4. The second-order valence-electron chi connectivity index (χ2n) is 6.74. The molecule has 0 unspecified atom stereocenters. The smallest absolute Gasteiger partial charge is 0.293 e. The maximum absolute atomic E-state index is 14.1. The fourth-order valence-corrected chi connectivity index (χ4v) is 7.15. The van der Waals surface area contributed by atoms with Crippen molar-refractivity contribution in [2.75, 3.05) is 17.3 Å². The van der Waals surface area contributed by atoms with Crippen LogP contribution in [0.1, 0.15) is 24.2 Å². The minimum absolute atomic E-state index is 0.0873. The molecule has 17 heteroatoms. The molecule has 0 aromatic heterocycles. The summed E-state index contributed by atoms with van der Waals surface area (Å²) in [5.41, 5.74) is -0.0873. The van der Waals surface area contributed by atoms with Crippen molar-refractivity contribution in [3.05, 3.63) is 35.9 Å². The molecule has 0 aliphatic rings. The van der Waals surface area contributed by atoms with Crippen LogP contribution in [0.2, 0.25) is 0 Å². The molecule has 0 fully saturated rings. The number of rotatable bonds is 11. The number of hydrogen-bond acceptors (Lipinski definition) is 4. The lowest BCUT2D eigenvalue weighted by atomic mass is 10.0. The summed E-state index contributed by atoms with van der Waals surface area (Å²) in [5, 5.41) is -7.25. The summed E-state index contributed by atoms with van der Waals surface area (Å²) in [6, 6.07) is 6.62.